The standard InChI is InChI=1S/C12H7Br3N2O4/c1-20-10-3-8(15)11(4-7(10)14)21-12-9(17(18)19)2-6(13)5-16-12/h2-5H,1H3. The van der Waals surface area contributed by atoms with Gasteiger partial charge < -0.3 is 9.47 Å². The van der Waals surface area contributed by atoms with Crippen LogP contribution in [0.25, 0.3) is 0 Å². The van der Waals surface area contributed by atoms with Crippen molar-refractivity contribution in [1.29, 1.82) is 0 Å². The van der Waals surface area contributed by atoms with Crippen LogP contribution in [0.5, 0.6) is 17.4 Å². The summed E-state index contributed by atoms with van der Waals surface area (Å²) in [6.45, 7) is 0. The van der Waals surface area contributed by atoms with Crippen molar-refractivity contribution < 1.29 is 14.4 Å². The molecular formula is C12H7Br3N2O4. The number of nitro groups is 1. The van der Waals surface area contributed by atoms with Gasteiger partial charge in [-0.2, -0.15) is 0 Å². The van der Waals surface area contributed by atoms with Gasteiger partial charge in [-0.25, -0.2) is 4.98 Å². The minimum Gasteiger partial charge on any atom is -0.496 e. The molecular weight excluding hydrogens is 476 g/mol. The van der Waals surface area contributed by atoms with E-state index in [1.807, 2.05) is 0 Å². The second kappa shape index (κ2) is 6.71. The Labute approximate surface area is 145 Å². The zero-order valence-electron chi connectivity index (χ0n) is 10.5. The van der Waals surface area contributed by atoms with Gasteiger partial charge in [-0.1, -0.05) is 0 Å². The van der Waals surface area contributed by atoms with E-state index in [9.17, 15) is 10.1 Å². The molecule has 21 heavy (non-hydrogen) atoms. The fraction of sp³-hybridized carbons (Fsp3) is 0.0833. The van der Waals surface area contributed by atoms with Gasteiger partial charge in [-0.3, -0.25) is 10.1 Å². The van der Waals surface area contributed by atoms with Crippen LogP contribution in [0.1, 0.15) is 0 Å². The molecule has 0 saturated heterocycles. The number of methoxy groups -OCH3 is 1. The second-order valence-corrected chi connectivity index (χ2v) is 6.38. The lowest BCUT2D eigenvalue weighted by Crippen LogP contribution is -1.97. The van der Waals surface area contributed by atoms with Crippen molar-refractivity contribution in [2.45, 2.75) is 0 Å². The van der Waals surface area contributed by atoms with Crippen LogP contribution in [0.2, 0.25) is 0 Å². The van der Waals surface area contributed by atoms with Gasteiger partial charge in [0.05, 0.1) is 21.0 Å². The number of nitrogens with zero attached hydrogens (tertiary/aromatic N) is 2. The van der Waals surface area contributed by atoms with Crippen LogP contribution in [-0.4, -0.2) is 17.0 Å². The van der Waals surface area contributed by atoms with Gasteiger partial charge in [0.25, 0.3) is 5.88 Å². The van der Waals surface area contributed by atoms with Crippen molar-refractivity contribution >= 4 is 53.5 Å². The first-order valence-electron chi connectivity index (χ1n) is 5.43. The van der Waals surface area contributed by atoms with Crippen LogP contribution in [0.15, 0.2) is 37.8 Å². The summed E-state index contributed by atoms with van der Waals surface area (Å²) in [7, 11) is 1.54. The van der Waals surface area contributed by atoms with Crippen molar-refractivity contribution in [3.05, 3.63) is 47.9 Å². The Kier molecular flexibility index (Phi) is 5.17. The predicted molar refractivity (Wildman–Crippen MR) is 87.1 cm³/mol. The van der Waals surface area contributed by atoms with Gasteiger partial charge in [-0.05, 0) is 59.9 Å². The monoisotopic (exact) mass is 480 g/mol. The number of pyridine rings is 1. The van der Waals surface area contributed by atoms with Crippen LogP contribution >= 0.6 is 47.8 Å². The molecule has 0 aliphatic carbocycles. The number of benzene rings is 1. The molecule has 0 aliphatic heterocycles. The van der Waals surface area contributed by atoms with E-state index >= 15 is 0 Å². The molecule has 0 N–H and O–H groups in total. The first-order valence-corrected chi connectivity index (χ1v) is 7.81. The molecule has 0 fully saturated rings. The highest BCUT2D eigenvalue weighted by Crippen LogP contribution is 2.39. The lowest BCUT2D eigenvalue weighted by Gasteiger charge is -2.10. The maximum atomic E-state index is 11.0. The molecule has 1 aromatic carbocycles. The molecule has 1 aromatic heterocycles. The van der Waals surface area contributed by atoms with E-state index in [-0.39, 0.29) is 11.6 Å². The van der Waals surface area contributed by atoms with Gasteiger partial charge in [0, 0.05) is 16.7 Å². The van der Waals surface area contributed by atoms with Gasteiger partial charge in [0.2, 0.25) is 0 Å². The topological polar surface area (TPSA) is 74.5 Å². The number of ether oxygens (including phenoxy) is 2. The number of halogens is 3. The predicted octanol–water partition coefficient (Wildman–Crippen LogP) is 5.08. The fourth-order valence-electron chi connectivity index (χ4n) is 1.47. The summed E-state index contributed by atoms with van der Waals surface area (Å²) >= 11 is 9.79. The third kappa shape index (κ3) is 3.72. The average Bonchev–Trinajstić information content (AvgIpc) is 2.44. The minimum atomic E-state index is -0.556. The highest BCUT2D eigenvalue weighted by molar-refractivity contribution is 9.11. The number of hydrogen-bond donors (Lipinski definition) is 0. The van der Waals surface area contributed by atoms with Crippen LogP contribution in [-0.2, 0) is 0 Å². The van der Waals surface area contributed by atoms with E-state index in [0.717, 1.165) is 0 Å². The van der Waals surface area contributed by atoms with Gasteiger partial charge in [-0.15, -0.1) is 0 Å². The highest BCUT2D eigenvalue weighted by Gasteiger charge is 2.20. The normalized spacial score (nSPS) is 10.3. The molecule has 1 heterocycles. The van der Waals surface area contributed by atoms with Gasteiger partial charge >= 0.3 is 5.69 Å². The molecule has 6 nitrogen and oxygen atoms in total. The van der Waals surface area contributed by atoms with Crippen molar-refractivity contribution in [3.63, 3.8) is 0 Å². The fourth-order valence-corrected chi connectivity index (χ4v) is 2.68. The van der Waals surface area contributed by atoms with E-state index in [1.54, 1.807) is 12.1 Å². The largest absolute Gasteiger partial charge is 0.496 e. The lowest BCUT2D eigenvalue weighted by molar-refractivity contribution is -0.386. The molecule has 0 spiro atoms. The zero-order valence-corrected chi connectivity index (χ0v) is 15.2. The Hall–Kier alpha value is -1.19. The number of aromatic nitrogens is 1. The Morgan fingerprint density at radius 3 is 2.38 bits per heavy atom. The smallest absolute Gasteiger partial charge is 0.332 e. The molecule has 0 bridgehead atoms. The molecule has 0 aliphatic rings. The quantitative estimate of drug-likeness (QED) is 0.449. The summed E-state index contributed by atoms with van der Waals surface area (Å²) < 4.78 is 12.4. The van der Waals surface area contributed by atoms with Crippen LogP contribution in [0.4, 0.5) is 5.69 Å². The third-order valence-corrected chi connectivity index (χ3v) is 4.08. The summed E-state index contributed by atoms with van der Waals surface area (Å²) in [6, 6.07) is 4.65. The zero-order chi connectivity index (χ0) is 15.6. The van der Waals surface area contributed by atoms with E-state index in [0.29, 0.717) is 24.9 Å². The Balaban J connectivity index is 2.43. The Morgan fingerprint density at radius 1 is 1.14 bits per heavy atom. The maximum Gasteiger partial charge on any atom is 0.332 e. The van der Waals surface area contributed by atoms with Crippen molar-refractivity contribution in [1.82, 2.24) is 4.98 Å². The van der Waals surface area contributed by atoms with E-state index in [2.05, 4.69) is 52.8 Å². The SMILES string of the molecule is COc1cc(Br)c(Oc2ncc(Br)cc2[N+](=O)[O-])cc1Br. The number of rotatable bonds is 4. The van der Waals surface area contributed by atoms with Crippen molar-refractivity contribution in [3.8, 4) is 17.4 Å². The number of hydrogen-bond acceptors (Lipinski definition) is 5. The van der Waals surface area contributed by atoms with Crippen LogP contribution in [0.3, 0.4) is 0 Å². The molecule has 0 amide bonds. The highest BCUT2D eigenvalue weighted by atomic mass is 79.9. The molecule has 0 atom stereocenters. The molecule has 0 unspecified atom stereocenters. The average molecular weight is 483 g/mol. The van der Waals surface area contributed by atoms with E-state index in [1.165, 1.54) is 19.4 Å². The van der Waals surface area contributed by atoms with Crippen molar-refractivity contribution in [2.24, 2.45) is 0 Å². The van der Waals surface area contributed by atoms with E-state index in [4.69, 9.17) is 9.47 Å². The summed E-state index contributed by atoms with van der Waals surface area (Å²) in [4.78, 5) is 14.4. The van der Waals surface area contributed by atoms with E-state index < -0.39 is 4.92 Å². The Bertz CT molecular complexity index is 709. The summed E-state index contributed by atoms with van der Waals surface area (Å²) in [6.07, 6.45) is 1.43. The lowest BCUT2D eigenvalue weighted by atomic mass is 10.3. The minimum absolute atomic E-state index is 0.0963. The van der Waals surface area contributed by atoms with Gasteiger partial charge in [0.15, 0.2) is 0 Å². The molecule has 9 heteroatoms. The first-order chi connectivity index (χ1) is 9.92. The summed E-state index contributed by atoms with van der Waals surface area (Å²) in [5.74, 6) is 0.883. The van der Waals surface area contributed by atoms with Crippen LogP contribution in [0, 0.1) is 10.1 Å². The summed E-state index contributed by atoms with van der Waals surface area (Å²) in [5, 5.41) is 11.0. The molecule has 2 aromatic rings. The van der Waals surface area contributed by atoms with Crippen molar-refractivity contribution in [2.75, 3.05) is 7.11 Å². The molecule has 0 saturated carbocycles. The first kappa shape index (κ1) is 16.2. The molecule has 2 rings (SSSR count). The molecule has 0 radical (unpaired) electrons. The summed E-state index contributed by atoms with van der Waals surface area (Å²) in [5.41, 5.74) is -0.233. The molecule has 110 valence electrons. The maximum absolute atomic E-state index is 11.0. The van der Waals surface area contributed by atoms with Crippen LogP contribution < -0.4 is 9.47 Å². The third-order valence-electron chi connectivity index (χ3n) is 2.41. The second-order valence-electron chi connectivity index (χ2n) is 3.75. The Morgan fingerprint density at radius 2 is 1.76 bits per heavy atom. The van der Waals surface area contributed by atoms with Gasteiger partial charge in [0.1, 0.15) is 11.5 Å².